The Labute approximate surface area is 148 Å². The van der Waals surface area contributed by atoms with Gasteiger partial charge in [0.25, 0.3) is 5.91 Å². The Morgan fingerprint density at radius 2 is 1.92 bits per heavy atom. The second kappa shape index (κ2) is 6.75. The highest BCUT2D eigenvalue weighted by molar-refractivity contribution is 5.99. The summed E-state index contributed by atoms with van der Waals surface area (Å²) in [4.78, 5) is 21.6. The minimum absolute atomic E-state index is 0.0835. The average molecular weight is 336 g/mol. The van der Waals surface area contributed by atoms with Crippen LogP contribution in [0.25, 0.3) is 0 Å². The highest BCUT2D eigenvalue weighted by Crippen LogP contribution is 2.26. The first kappa shape index (κ1) is 15.9. The normalized spacial score (nSPS) is 17.5. The van der Waals surface area contributed by atoms with E-state index in [9.17, 15) is 4.79 Å². The molecule has 1 aliphatic heterocycles. The molecule has 1 aromatic heterocycles. The molecule has 25 heavy (non-hydrogen) atoms. The highest BCUT2D eigenvalue weighted by Gasteiger charge is 2.27. The smallest absolute Gasteiger partial charge is 0.257 e. The lowest BCUT2D eigenvalue weighted by atomic mass is 10.1. The molecule has 5 heteroatoms. The van der Waals surface area contributed by atoms with E-state index in [-0.39, 0.29) is 5.91 Å². The van der Waals surface area contributed by atoms with Gasteiger partial charge in [0, 0.05) is 44.1 Å². The Morgan fingerprint density at radius 3 is 2.64 bits per heavy atom. The summed E-state index contributed by atoms with van der Waals surface area (Å²) in [5.74, 6) is 0.816. The summed E-state index contributed by atoms with van der Waals surface area (Å²) in [6.07, 6.45) is 4.08. The second-order valence-electron chi connectivity index (χ2n) is 6.94. The van der Waals surface area contributed by atoms with Crippen molar-refractivity contribution in [2.24, 2.45) is 0 Å². The van der Waals surface area contributed by atoms with Crippen LogP contribution >= 0.6 is 0 Å². The number of anilines is 2. The van der Waals surface area contributed by atoms with E-state index < -0.39 is 0 Å². The Hall–Kier alpha value is -2.56. The van der Waals surface area contributed by atoms with Crippen molar-refractivity contribution < 1.29 is 4.79 Å². The molecular formula is C20H24N4O. The van der Waals surface area contributed by atoms with Gasteiger partial charge >= 0.3 is 0 Å². The zero-order valence-electron chi connectivity index (χ0n) is 14.6. The lowest BCUT2D eigenvalue weighted by molar-refractivity contribution is 0.0747. The van der Waals surface area contributed by atoms with Crippen molar-refractivity contribution in [1.29, 1.82) is 0 Å². The van der Waals surface area contributed by atoms with Crippen LogP contribution < -0.4 is 10.2 Å². The Kier molecular flexibility index (Phi) is 4.30. The summed E-state index contributed by atoms with van der Waals surface area (Å²) < 4.78 is 0. The summed E-state index contributed by atoms with van der Waals surface area (Å²) in [5, 5.41) is 3.38. The molecule has 2 heterocycles. The van der Waals surface area contributed by atoms with Crippen LogP contribution in [-0.2, 0) is 0 Å². The largest absolute Gasteiger partial charge is 0.368 e. The third-order valence-corrected chi connectivity index (χ3v) is 4.89. The molecule has 0 spiro atoms. The van der Waals surface area contributed by atoms with Gasteiger partial charge in [-0.1, -0.05) is 12.1 Å². The molecule has 4 rings (SSSR count). The van der Waals surface area contributed by atoms with Crippen LogP contribution in [0.15, 0.2) is 42.6 Å². The molecule has 0 atom stereocenters. The molecule has 5 nitrogen and oxygen atoms in total. The highest BCUT2D eigenvalue weighted by atomic mass is 16.2. The van der Waals surface area contributed by atoms with E-state index in [1.165, 1.54) is 24.1 Å². The number of benzene rings is 1. The Bertz CT molecular complexity index is 764. The molecule has 2 fully saturated rings. The van der Waals surface area contributed by atoms with Gasteiger partial charge in [0.05, 0.1) is 5.56 Å². The molecule has 1 aliphatic carbocycles. The van der Waals surface area contributed by atoms with Gasteiger partial charge in [-0.3, -0.25) is 4.79 Å². The van der Waals surface area contributed by atoms with Crippen molar-refractivity contribution in [2.45, 2.75) is 25.8 Å². The Balaban J connectivity index is 1.43. The molecule has 0 bridgehead atoms. The molecule has 2 aliphatic rings. The van der Waals surface area contributed by atoms with Crippen LogP contribution in [0.2, 0.25) is 0 Å². The maximum Gasteiger partial charge on any atom is 0.257 e. The molecular weight excluding hydrogens is 312 g/mol. The fraction of sp³-hybridized carbons (Fsp3) is 0.400. The maximum atomic E-state index is 12.9. The van der Waals surface area contributed by atoms with Gasteiger partial charge < -0.3 is 15.1 Å². The molecule has 1 amide bonds. The van der Waals surface area contributed by atoms with Crippen LogP contribution in [0.4, 0.5) is 11.5 Å². The van der Waals surface area contributed by atoms with Crippen molar-refractivity contribution >= 4 is 17.4 Å². The number of piperazine rings is 1. The number of carbonyl (C=O) groups is 1. The topological polar surface area (TPSA) is 48.5 Å². The first-order valence-electron chi connectivity index (χ1n) is 9.03. The number of hydrogen-bond acceptors (Lipinski definition) is 4. The van der Waals surface area contributed by atoms with Crippen LogP contribution in [0.3, 0.4) is 0 Å². The lowest BCUT2D eigenvalue weighted by Gasteiger charge is -2.36. The number of aryl methyl sites for hydroxylation is 1. The van der Waals surface area contributed by atoms with Crippen LogP contribution in [0, 0.1) is 6.92 Å². The molecule has 1 N–H and O–H groups in total. The van der Waals surface area contributed by atoms with Crippen molar-refractivity contribution in [2.75, 3.05) is 36.4 Å². The number of nitrogens with one attached hydrogen (secondary N) is 1. The van der Waals surface area contributed by atoms with E-state index >= 15 is 0 Å². The van der Waals surface area contributed by atoms with Crippen molar-refractivity contribution in [3.8, 4) is 0 Å². The summed E-state index contributed by atoms with van der Waals surface area (Å²) in [7, 11) is 0. The van der Waals surface area contributed by atoms with Crippen molar-refractivity contribution in [3.63, 3.8) is 0 Å². The van der Waals surface area contributed by atoms with Crippen molar-refractivity contribution in [1.82, 2.24) is 9.88 Å². The fourth-order valence-corrected chi connectivity index (χ4v) is 3.28. The monoisotopic (exact) mass is 336 g/mol. The van der Waals surface area contributed by atoms with Gasteiger partial charge in [-0.2, -0.15) is 0 Å². The summed E-state index contributed by atoms with van der Waals surface area (Å²) >= 11 is 0. The summed E-state index contributed by atoms with van der Waals surface area (Å²) in [6, 6.07) is 12.8. The van der Waals surface area contributed by atoms with Gasteiger partial charge in [-0.05, 0) is 49.6 Å². The molecule has 0 radical (unpaired) electrons. The van der Waals surface area contributed by atoms with E-state index in [0.29, 0.717) is 11.6 Å². The molecule has 130 valence electrons. The van der Waals surface area contributed by atoms with Crippen LogP contribution in [-0.4, -0.2) is 48.0 Å². The van der Waals surface area contributed by atoms with Crippen LogP contribution in [0.1, 0.15) is 28.8 Å². The number of carbonyl (C=O) groups excluding carboxylic acids is 1. The van der Waals surface area contributed by atoms with E-state index in [1.54, 1.807) is 6.20 Å². The van der Waals surface area contributed by atoms with E-state index in [2.05, 4.69) is 46.4 Å². The van der Waals surface area contributed by atoms with Gasteiger partial charge in [-0.15, -0.1) is 0 Å². The summed E-state index contributed by atoms with van der Waals surface area (Å²) in [5.41, 5.74) is 3.20. The fourth-order valence-electron chi connectivity index (χ4n) is 3.28. The molecule has 1 saturated carbocycles. The number of pyridine rings is 1. The summed E-state index contributed by atoms with van der Waals surface area (Å²) in [6.45, 7) is 5.32. The number of nitrogens with zero attached hydrogens (tertiary/aromatic N) is 3. The second-order valence-corrected chi connectivity index (χ2v) is 6.94. The number of amides is 1. The maximum absolute atomic E-state index is 12.9. The predicted molar refractivity (Wildman–Crippen MR) is 100 cm³/mol. The minimum atomic E-state index is 0.0835. The minimum Gasteiger partial charge on any atom is -0.368 e. The number of aromatic nitrogens is 1. The lowest BCUT2D eigenvalue weighted by Crippen LogP contribution is -2.49. The third-order valence-electron chi connectivity index (χ3n) is 4.89. The van der Waals surface area contributed by atoms with Gasteiger partial charge in [0.1, 0.15) is 5.82 Å². The zero-order chi connectivity index (χ0) is 17.2. The third kappa shape index (κ3) is 3.60. The number of rotatable bonds is 4. The van der Waals surface area contributed by atoms with Crippen LogP contribution in [0.5, 0.6) is 0 Å². The average Bonchev–Trinajstić information content (AvgIpc) is 3.46. The molecule has 0 unspecified atom stereocenters. The number of hydrogen-bond donors (Lipinski definition) is 1. The van der Waals surface area contributed by atoms with Crippen molar-refractivity contribution in [3.05, 3.63) is 53.7 Å². The predicted octanol–water partition coefficient (Wildman–Crippen LogP) is 2.93. The first-order valence-corrected chi connectivity index (χ1v) is 9.03. The van der Waals surface area contributed by atoms with Gasteiger partial charge in [0.15, 0.2) is 0 Å². The van der Waals surface area contributed by atoms with E-state index in [0.717, 1.165) is 32.0 Å². The first-order chi connectivity index (χ1) is 12.2. The molecule has 2 aromatic rings. The van der Waals surface area contributed by atoms with E-state index in [1.807, 2.05) is 17.0 Å². The molecule has 1 saturated heterocycles. The van der Waals surface area contributed by atoms with E-state index in [4.69, 9.17) is 0 Å². The zero-order valence-corrected chi connectivity index (χ0v) is 14.6. The SMILES string of the molecule is Cc1cccc(N2CCN(C(=O)c3cccnc3NC3CC3)CC2)c1. The molecule has 1 aromatic carbocycles. The quantitative estimate of drug-likeness (QED) is 0.933. The standard InChI is InChI=1S/C20H24N4O/c1-15-4-2-5-17(14-15)23-10-12-24(13-11-23)20(25)18-6-3-9-21-19(18)22-16-7-8-16/h2-6,9,14,16H,7-8,10-13H2,1H3,(H,21,22). The Morgan fingerprint density at radius 1 is 1.12 bits per heavy atom. The van der Waals surface area contributed by atoms with Gasteiger partial charge in [-0.25, -0.2) is 4.98 Å². The van der Waals surface area contributed by atoms with Gasteiger partial charge in [0.2, 0.25) is 0 Å².